The van der Waals surface area contributed by atoms with Crippen molar-refractivity contribution in [1.29, 1.82) is 0 Å². The maximum atomic E-state index is 5.36. The van der Waals surface area contributed by atoms with Crippen molar-refractivity contribution in [2.24, 2.45) is 5.41 Å². The van der Waals surface area contributed by atoms with Gasteiger partial charge in [-0.05, 0) is 37.8 Å². The first kappa shape index (κ1) is 11.5. The van der Waals surface area contributed by atoms with E-state index < -0.39 is 0 Å². The van der Waals surface area contributed by atoms with E-state index in [0.717, 1.165) is 6.61 Å². The number of hydrogen-bond acceptors (Lipinski definition) is 1. The molecule has 1 atom stereocenters. The van der Waals surface area contributed by atoms with Crippen LogP contribution in [-0.2, 0) is 4.52 Å². The van der Waals surface area contributed by atoms with Crippen molar-refractivity contribution in [3.8, 4) is 0 Å². The normalized spacial score (nSPS) is 21.7. The van der Waals surface area contributed by atoms with Gasteiger partial charge in [0.05, 0.1) is 6.61 Å². The second-order valence-electron chi connectivity index (χ2n) is 4.53. The lowest BCUT2D eigenvalue weighted by molar-refractivity contribution is 0.276. The minimum absolute atomic E-state index is 0.669. The molecule has 2 heteroatoms. The quantitative estimate of drug-likeness (QED) is 0.467. The molecule has 0 bridgehead atoms. The van der Waals surface area contributed by atoms with Crippen molar-refractivity contribution < 1.29 is 4.52 Å². The summed E-state index contributed by atoms with van der Waals surface area (Å²) in [5.41, 5.74) is 0.689. The third-order valence-electron chi connectivity index (χ3n) is 3.23. The first-order valence-electron chi connectivity index (χ1n) is 5.55. The molecule has 0 amide bonds. The third-order valence-corrected chi connectivity index (χ3v) is 3.72. The van der Waals surface area contributed by atoms with Gasteiger partial charge in [0.15, 0.2) is 0 Å². The second-order valence-corrected chi connectivity index (χ2v) is 5.22. The zero-order valence-electron chi connectivity index (χ0n) is 9.07. The fourth-order valence-corrected chi connectivity index (χ4v) is 2.66. The van der Waals surface area contributed by atoms with Gasteiger partial charge < -0.3 is 4.52 Å². The van der Waals surface area contributed by atoms with Crippen molar-refractivity contribution in [1.82, 2.24) is 0 Å². The fourth-order valence-electron chi connectivity index (χ4n) is 2.31. The van der Waals surface area contributed by atoms with Crippen LogP contribution in [-0.4, -0.2) is 13.3 Å². The molecule has 13 heavy (non-hydrogen) atoms. The Balaban J connectivity index is 1.98. The van der Waals surface area contributed by atoms with Crippen molar-refractivity contribution in [2.45, 2.75) is 51.9 Å². The van der Waals surface area contributed by atoms with Gasteiger partial charge in [-0.25, -0.2) is 0 Å². The number of hydrogen-bond donors (Lipinski definition) is 0. The summed E-state index contributed by atoms with van der Waals surface area (Å²) < 4.78 is 5.36. The van der Waals surface area contributed by atoms with Crippen molar-refractivity contribution >= 4 is 8.81 Å². The van der Waals surface area contributed by atoms with Gasteiger partial charge >= 0.3 is 0 Å². The highest BCUT2D eigenvalue weighted by atomic mass is 31.1. The molecule has 1 aliphatic carbocycles. The SMILES string of the molecule is CPOCCCCC1(C)CCCC1. The first-order chi connectivity index (χ1) is 6.27. The third kappa shape index (κ3) is 4.42. The van der Waals surface area contributed by atoms with Gasteiger partial charge in [-0.15, -0.1) is 0 Å². The minimum Gasteiger partial charge on any atom is -0.363 e. The minimum atomic E-state index is 0.669. The maximum Gasteiger partial charge on any atom is 0.0505 e. The maximum absolute atomic E-state index is 5.36. The van der Waals surface area contributed by atoms with Crippen molar-refractivity contribution in [3.63, 3.8) is 0 Å². The molecule has 0 saturated heterocycles. The average molecular weight is 202 g/mol. The Morgan fingerprint density at radius 3 is 2.54 bits per heavy atom. The first-order valence-corrected chi connectivity index (χ1v) is 6.96. The highest BCUT2D eigenvalue weighted by molar-refractivity contribution is 7.31. The molecule has 1 rings (SSSR count). The van der Waals surface area contributed by atoms with Crippen LogP contribution in [0.3, 0.4) is 0 Å². The summed E-state index contributed by atoms with van der Waals surface area (Å²) in [5.74, 6) is 0. The molecule has 1 fully saturated rings. The van der Waals surface area contributed by atoms with E-state index in [-0.39, 0.29) is 0 Å². The standard InChI is InChI=1S/C11H23OP/c1-11(7-3-4-8-11)9-5-6-10-12-13-2/h13H,3-10H2,1-2H3. The lowest BCUT2D eigenvalue weighted by atomic mass is 9.83. The molecule has 0 aromatic rings. The molecule has 78 valence electrons. The zero-order valence-corrected chi connectivity index (χ0v) is 10.1. The van der Waals surface area contributed by atoms with E-state index in [1.54, 1.807) is 0 Å². The van der Waals surface area contributed by atoms with Gasteiger partial charge in [-0.2, -0.15) is 0 Å². The van der Waals surface area contributed by atoms with Crippen LogP contribution in [0.25, 0.3) is 0 Å². The molecule has 0 aliphatic heterocycles. The molecule has 1 aliphatic rings. The topological polar surface area (TPSA) is 9.23 Å². The highest BCUT2D eigenvalue weighted by Gasteiger charge is 2.27. The zero-order chi connectivity index (χ0) is 9.57. The summed E-state index contributed by atoms with van der Waals surface area (Å²) in [6.07, 6.45) is 9.89. The average Bonchev–Trinajstić information content (AvgIpc) is 2.53. The van der Waals surface area contributed by atoms with E-state index in [1.165, 1.54) is 44.9 Å². The Morgan fingerprint density at radius 2 is 1.92 bits per heavy atom. The molecule has 0 heterocycles. The van der Waals surface area contributed by atoms with Crippen molar-refractivity contribution in [2.75, 3.05) is 13.3 Å². The molecule has 1 unspecified atom stereocenters. The van der Waals surface area contributed by atoms with E-state index in [1.807, 2.05) is 0 Å². The molecule has 0 spiro atoms. The molecule has 0 aromatic heterocycles. The largest absolute Gasteiger partial charge is 0.363 e. The van der Waals surface area contributed by atoms with Crippen LogP contribution in [0, 0.1) is 5.41 Å². The predicted octanol–water partition coefficient (Wildman–Crippen LogP) is 3.98. The predicted molar refractivity (Wildman–Crippen MR) is 60.6 cm³/mol. The summed E-state index contributed by atoms with van der Waals surface area (Å²) in [6.45, 7) is 5.53. The monoisotopic (exact) mass is 202 g/mol. The van der Waals surface area contributed by atoms with Crippen LogP contribution in [0.2, 0.25) is 0 Å². The summed E-state index contributed by atoms with van der Waals surface area (Å²) in [4.78, 5) is 0. The van der Waals surface area contributed by atoms with Crippen LogP contribution < -0.4 is 0 Å². The summed E-state index contributed by atoms with van der Waals surface area (Å²) >= 11 is 0. The summed E-state index contributed by atoms with van der Waals surface area (Å²) in [6, 6.07) is 0. The Labute approximate surface area is 84.5 Å². The molecule has 0 radical (unpaired) electrons. The summed E-state index contributed by atoms with van der Waals surface area (Å²) in [5, 5.41) is 0. The summed E-state index contributed by atoms with van der Waals surface area (Å²) in [7, 11) is 0.669. The second kappa shape index (κ2) is 5.98. The molecular formula is C11H23OP. The Morgan fingerprint density at radius 1 is 1.23 bits per heavy atom. The molecular weight excluding hydrogens is 179 g/mol. The van der Waals surface area contributed by atoms with Gasteiger partial charge in [-0.3, -0.25) is 0 Å². The fraction of sp³-hybridized carbons (Fsp3) is 1.00. The van der Waals surface area contributed by atoms with Gasteiger partial charge in [0.25, 0.3) is 0 Å². The smallest absolute Gasteiger partial charge is 0.0505 e. The van der Waals surface area contributed by atoms with Gasteiger partial charge in [0.1, 0.15) is 0 Å². The van der Waals surface area contributed by atoms with Crippen LogP contribution in [0.15, 0.2) is 0 Å². The van der Waals surface area contributed by atoms with Gasteiger partial charge in [0.2, 0.25) is 0 Å². The van der Waals surface area contributed by atoms with Crippen LogP contribution in [0.5, 0.6) is 0 Å². The molecule has 1 nitrogen and oxygen atoms in total. The molecule has 1 saturated carbocycles. The Bertz CT molecular complexity index is 130. The van der Waals surface area contributed by atoms with E-state index in [2.05, 4.69) is 13.6 Å². The highest BCUT2D eigenvalue weighted by Crippen LogP contribution is 2.41. The van der Waals surface area contributed by atoms with E-state index in [4.69, 9.17) is 4.52 Å². The van der Waals surface area contributed by atoms with Gasteiger partial charge in [0, 0.05) is 8.81 Å². The van der Waals surface area contributed by atoms with Crippen LogP contribution in [0.1, 0.15) is 51.9 Å². The Kier molecular flexibility index (Phi) is 5.28. The number of unbranched alkanes of at least 4 members (excludes halogenated alkanes) is 1. The lowest BCUT2D eigenvalue weighted by Crippen LogP contribution is -2.10. The van der Waals surface area contributed by atoms with Crippen molar-refractivity contribution in [3.05, 3.63) is 0 Å². The Hall–Kier alpha value is 0.390. The van der Waals surface area contributed by atoms with E-state index >= 15 is 0 Å². The molecule has 0 N–H and O–H groups in total. The number of rotatable bonds is 6. The van der Waals surface area contributed by atoms with Crippen LogP contribution >= 0.6 is 8.81 Å². The van der Waals surface area contributed by atoms with E-state index in [9.17, 15) is 0 Å². The van der Waals surface area contributed by atoms with Gasteiger partial charge in [-0.1, -0.05) is 26.2 Å². The van der Waals surface area contributed by atoms with E-state index in [0.29, 0.717) is 14.2 Å². The molecule has 0 aromatic carbocycles. The van der Waals surface area contributed by atoms with Crippen LogP contribution in [0.4, 0.5) is 0 Å². The lowest BCUT2D eigenvalue weighted by Gasteiger charge is -2.22.